The Morgan fingerprint density at radius 2 is 1.48 bits per heavy atom. The van der Waals surface area contributed by atoms with Crippen LogP contribution in [0.2, 0.25) is 0 Å². The van der Waals surface area contributed by atoms with Crippen LogP contribution in [0.3, 0.4) is 0 Å². The lowest BCUT2D eigenvalue weighted by atomic mass is 10.2. The Hall–Kier alpha value is -2.40. The van der Waals surface area contributed by atoms with Gasteiger partial charge >= 0.3 is 0 Å². The topological polar surface area (TPSA) is 49.7 Å². The first kappa shape index (κ1) is 17.0. The monoisotopic (exact) mass is 326 g/mol. The summed E-state index contributed by atoms with van der Waals surface area (Å²) in [5, 5.41) is 0.398. The van der Waals surface area contributed by atoms with Crippen LogP contribution >= 0.6 is 11.8 Å². The van der Waals surface area contributed by atoms with Crippen LogP contribution in [-0.2, 0) is 0 Å². The quantitative estimate of drug-likeness (QED) is 0.638. The van der Waals surface area contributed by atoms with Gasteiger partial charge in [-0.3, -0.25) is 14.5 Å². The fourth-order valence-corrected chi connectivity index (χ4v) is 2.66. The molecule has 2 rings (SSSR count). The average Bonchev–Trinajstić information content (AvgIpc) is 2.62. The maximum atomic E-state index is 12.6. The van der Waals surface area contributed by atoms with Crippen molar-refractivity contribution in [2.45, 2.75) is 6.92 Å². The van der Waals surface area contributed by atoms with Crippen LogP contribution < -0.4 is 0 Å². The van der Waals surface area contributed by atoms with E-state index in [0.717, 1.165) is 0 Å². The number of aliphatic imine (C=N–C) groups is 1. The molecule has 0 aliphatic heterocycles. The first-order valence-corrected chi connectivity index (χ1v) is 8.48. The molecule has 2 aromatic carbocycles. The van der Waals surface area contributed by atoms with Crippen molar-refractivity contribution < 1.29 is 9.59 Å². The van der Waals surface area contributed by atoms with Crippen LogP contribution in [-0.4, -0.2) is 34.7 Å². The van der Waals surface area contributed by atoms with Gasteiger partial charge in [0.15, 0.2) is 5.17 Å². The summed E-state index contributed by atoms with van der Waals surface area (Å²) in [6, 6.07) is 17.8. The van der Waals surface area contributed by atoms with Crippen LogP contribution in [0.4, 0.5) is 0 Å². The molecule has 0 atom stereocenters. The van der Waals surface area contributed by atoms with E-state index in [4.69, 9.17) is 0 Å². The van der Waals surface area contributed by atoms with E-state index in [0.29, 0.717) is 22.8 Å². The Bertz CT molecular complexity index is 699. The van der Waals surface area contributed by atoms with Gasteiger partial charge in [0.2, 0.25) is 0 Å². The zero-order valence-corrected chi connectivity index (χ0v) is 13.9. The van der Waals surface area contributed by atoms with Crippen molar-refractivity contribution >= 4 is 28.7 Å². The van der Waals surface area contributed by atoms with Crippen LogP contribution in [0.1, 0.15) is 27.6 Å². The molecule has 0 saturated heterocycles. The first-order valence-electron chi connectivity index (χ1n) is 7.26. The van der Waals surface area contributed by atoms with E-state index in [2.05, 4.69) is 4.99 Å². The highest BCUT2D eigenvalue weighted by Gasteiger charge is 2.20. The molecule has 0 aliphatic rings. The normalized spacial score (nSPS) is 11.1. The van der Waals surface area contributed by atoms with Gasteiger partial charge in [-0.2, -0.15) is 4.99 Å². The van der Waals surface area contributed by atoms with Crippen molar-refractivity contribution in [1.82, 2.24) is 4.90 Å². The predicted octanol–water partition coefficient (Wildman–Crippen LogP) is 3.71. The van der Waals surface area contributed by atoms with Gasteiger partial charge in [0.05, 0.1) is 0 Å². The predicted molar refractivity (Wildman–Crippen MR) is 94.9 cm³/mol. The Labute approximate surface area is 140 Å². The highest BCUT2D eigenvalue weighted by Crippen LogP contribution is 2.13. The third-order valence-electron chi connectivity index (χ3n) is 3.21. The summed E-state index contributed by atoms with van der Waals surface area (Å²) in [4.78, 5) is 30.5. The molecule has 0 saturated carbocycles. The Kier molecular flexibility index (Phi) is 6.11. The third kappa shape index (κ3) is 4.29. The molecule has 0 fully saturated rings. The van der Waals surface area contributed by atoms with Crippen molar-refractivity contribution in [2.24, 2.45) is 4.99 Å². The molecule has 0 unspecified atom stereocenters. The molecule has 2 amide bonds. The summed E-state index contributed by atoms with van der Waals surface area (Å²) in [7, 11) is 0. The fourth-order valence-electron chi connectivity index (χ4n) is 2.05. The third-order valence-corrected chi connectivity index (χ3v) is 3.89. The minimum absolute atomic E-state index is 0.165. The fraction of sp³-hybridized carbons (Fsp3) is 0.167. The summed E-state index contributed by atoms with van der Waals surface area (Å²) in [5.41, 5.74) is 1.07. The molecular weight excluding hydrogens is 308 g/mol. The average molecular weight is 326 g/mol. The second-order valence-electron chi connectivity index (χ2n) is 4.69. The second-order valence-corrected chi connectivity index (χ2v) is 5.46. The summed E-state index contributed by atoms with van der Waals surface area (Å²) >= 11 is 1.28. The molecule has 0 aromatic heterocycles. The van der Waals surface area contributed by atoms with Crippen LogP contribution in [0.5, 0.6) is 0 Å². The SMILES string of the molecule is CCN(C(=O)c1ccccc1)/C(=N/C(=O)c1ccccc1)SC. The largest absolute Gasteiger partial charge is 0.287 e. The molecule has 2 aromatic rings. The summed E-state index contributed by atoms with van der Waals surface area (Å²) in [5.74, 6) is -0.517. The zero-order valence-electron chi connectivity index (χ0n) is 13.1. The molecule has 4 nitrogen and oxygen atoms in total. The Morgan fingerprint density at radius 1 is 0.957 bits per heavy atom. The number of amidine groups is 1. The second kappa shape index (κ2) is 8.29. The van der Waals surface area contributed by atoms with Crippen molar-refractivity contribution in [2.75, 3.05) is 12.8 Å². The molecule has 0 spiro atoms. The number of hydrogen-bond acceptors (Lipinski definition) is 3. The lowest BCUT2D eigenvalue weighted by Crippen LogP contribution is -2.35. The number of carbonyl (C=O) groups is 2. The van der Waals surface area contributed by atoms with E-state index in [1.165, 1.54) is 16.7 Å². The number of amides is 2. The standard InChI is InChI=1S/C18H18N2O2S/c1-3-20(17(22)15-12-8-5-9-13-15)18(23-2)19-16(21)14-10-6-4-7-11-14/h4-13H,3H2,1-2H3/b19-18-. The number of hydrogen-bond donors (Lipinski definition) is 0. The number of thioether (sulfide) groups is 1. The lowest BCUT2D eigenvalue weighted by Gasteiger charge is -2.21. The first-order chi connectivity index (χ1) is 11.2. The van der Waals surface area contributed by atoms with Gasteiger partial charge in [-0.05, 0) is 37.4 Å². The van der Waals surface area contributed by atoms with Gasteiger partial charge in [0.1, 0.15) is 0 Å². The lowest BCUT2D eigenvalue weighted by molar-refractivity contribution is 0.0855. The van der Waals surface area contributed by atoms with Crippen LogP contribution in [0, 0.1) is 0 Å². The number of rotatable bonds is 3. The Balaban J connectivity index is 2.28. The summed E-state index contributed by atoms with van der Waals surface area (Å²) in [6.07, 6.45) is 1.80. The maximum Gasteiger partial charge on any atom is 0.279 e. The van der Waals surface area contributed by atoms with E-state index < -0.39 is 0 Å². The zero-order chi connectivity index (χ0) is 16.7. The summed E-state index contributed by atoms with van der Waals surface area (Å²) in [6.45, 7) is 2.30. The molecule has 0 radical (unpaired) electrons. The maximum absolute atomic E-state index is 12.6. The van der Waals surface area contributed by atoms with E-state index in [9.17, 15) is 9.59 Å². The molecule has 0 aliphatic carbocycles. The number of carbonyl (C=O) groups excluding carboxylic acids is 2. The van der Waals surface area contributed by atoms with Crippen LogP contribution in [0.25, 0.3) is 0 Å². The van der Waals surface area contributed by atoms with E-state index in [1.54, 1.807) is 42.7 Å². The van der Waals surface area contributed by atoms with Gasteiger partial charge in [0, 0.05) is 17.7 Å². The van der Waals surface area contributed by atoms with Crippen molar-refractivity contribution in [3.8, 4) is 0 Å². The van der Waals surface area contributed by atoms with Crippen molar-refractivity contribution in [3.05, 3.63) is 71.8 Å². The Morgan fingerprint density at radius 3 is 1.96 bits per heavy atom. The van der Waals surface area contributed by atoms with Gasteiger partial charge in [-0.25, -0.2) is 0 Å². The minimum atomic E-state index is -0.353. The van der Waals surface area contributed by atoms with Gasteiger partial charge < -0.3 is 0 Å². The van der Waals surface area contributed by atoms with Gasteiger partial charge in [-0.15, -0.1) is 0 Å². The van der Waals surface area contributed by atoms with E-state index in [1.807, 2.05) is 31.2 Å². The summed E-state index contributed by atoms with van der Waals surface area (Å²) < 4.78 is 0. The molecule has 0 bridgehead atoms. The number of nitrogens with zero attached hydrogens (tertiary/aromatic N) is 2. The smallest absolute Gasteiger partial charge is 0.279 e. The number of benzene rings is 2. The molecule has 0 heterocycles. The molecule has 0 N–H and O–H groups in total. The van der Waals surface area contributed by atoms with Gasteiger partial charge in [-0.1, -0.05) is 48.2 Å². The molecular formula is C18H18N2O2S. The van der Waals surface area contributed by atoms with Gasteiger partial charge in [0.25, 0.3) is 11.8 Å². The van der Waals surface area contributed by atoms with Crippen molar-refractivity contribution in [1.29, 1.82) is 0 Å². The van der Waals surface area contributed by atoms with Crippen molar-refractivity contribution in [3.63, 3.8) is 0 Å². The van der Waals surface area contributed by atoms with E-state index in [-0.39, 0.29) is 11.8 Å². The molecule has 5 heteroatoms. The highest BCUT2D eigenvalue weighted by molar-refractivity contribution is 8.13. The highest BCUT2D eigenvalue weighted by atomic mass is 32.2. The molecule has 118 valence electrons. The molecule has 23 heavy (non-hydrogen) atoms. The van der Waals surface area contributed by atoms with Crippen LogP contribution in [0.15, 0.2) is 65.7 Å². The minimum Gasteiger partial charge on any atom is -0.287 e. The van der Waals surface area contributed by atoms with E-state index >= 15 is 0 Å².